The molecule has 2 heterocycles. The highest BCUT2D eigenvalue weighted by molar-refractivity contribution is 7.22. The maximum absolute atomic E-state index is 13.2. The number of nitrogens with zero attached hydrogens (tertiary/aromatic N) is 3. The van der Waals surface area contributed by atoms with Gasteiger partial charge in [-0.2, -0.15) is 0 Å². The Labute approximate surface area is 123 Å². The molecule has 2 aromatic carbocycles. The van der Waals surface area contributed by atoms with Gasteiger partial charge in [-0.15, -0.1) is 0 Å². The van der Waals surface area contributed by atoms with E-state index in [1.165, 1.54) is 23.5 Å². The fourth-order valence-corrected chi connectivity index (χ4v) is 3.15. The lowest BCUT2D eigenvalue weighted by Gasteiger charge is -2.01. The van der Waals surface area contributed by atoms with Gasteiger partial charge in [0, 0.05) is 13.1 Å². The number of para-hydroxylation sites is 2. The Balaban J connectivity index is 1.77. The number of anilines is 2. The van der Waals surface area contributed by atoms with Gasteiger partial charge in [0.05, 0.1) is 21.3 Å². The van der Waals surface area contributed by atoms with Gasteiger partial charge < -0.3 is 9.88 Å². The number of fused-ring (bicyclic) bond motifs is 2. The Morgan fingerprint density at radius 2 is 1.95 bits per heavy atom. The highest BCUT2D eigenvalue weighted by Crippen LogP contribution is 2.29. The van der Waals surface area contributed by atoms with E-state index in [0.29, 0.717) is 10.6 Å². The predicted molar refractivity (Wildman–Crippen MR) is 83.6 cm³/mol. The predicted octanol–water partition coefficient (Wildman–Crippen LogP) is 4.07. The second-order valence-electron chi connectivity index (χ2n) is 4.74. The van der Waals surface area contributed by atoms with Crippen molar-refractivity contribution in [2.75, 3.05) is 5.32 Å². The van der Waals surface area contributed by atoms with E-state index in [1.807, 2.05) is 35.9 Å². The number of imidazole rings is 1. The van der Waals surface area contributed by atoms with Crippen LogP contribution in [-0.2, 0) is 7.05 Å². The molecule has 0 saturated carbocycles. The average molecular weight is 298 g/mol. The first-order chi connectivity index (χ1) is 10.2. The van der Waals surface area contributed by atoms with Crippen molar-refractivity contribution in [2.45, 2.75) is 0 Å². The number of nitrogens with one attached hydrogen (secondary N) is 1. The summed E-state index contributed by atoms with van der Waals surface area (Å²) in [6.45, 7) is 0. The number of thiazole rings is 1. The van der Waals surface area contributed by atoms with E-state index < -0.39 is 0 Å². The van der Waals surface area contributed by atoms with E-state index in [2.05, 4.69) is 15.3 Å². The lowest BCUT2D eigenvalue weighted by atomic mass is 10.3. The van der Waals surface area contributed by atoms with E-state index in [1.54, 1.807) is 6.07 Å². The Hall–Kier alpha value is -2.47. The molecule has 4 aromatic rings. The number of benzene rings is 2. The Morgan fingerprint density at radius 3 is 2.81 bits per heavy atom. The monoisotopic (exact) mass is 298 g/mol. The van der Waals surface area contributed by atoms with Crippen molar-refractivity contribution in [3.8, 4) is 0 Å². The van der Waals surface area contributed by atoms with Gasteiger partial charge in [0.15, 0.2) is 5.13 Å². The van der Waals surface area contributed by atoms with Crippen LogP contribution in [0.15, 0.2) is 42.5 Å². The van der Waals surface area contributed by atoms with Crippen molar-refractivity contribution >= 4 is 43.7 Å². The number of rotatable bonds is 2. The Bertz CT molecular complexity index is 957. The second-order valence-corrected chi connectivity index (χ2v) is 5.77. The molecule has 0 saturated heterocycles. The quantitative estimate of drug-likeness (QED) is 0.606. The van der Waals surface area contributed by atoms with E-state index in [0.717, 1.165) is 21.7 Å². The number of hydrogen-bond donors (Lipinski definition) is 1. The fraction of sp³-hybridized carbons (Fsp3) is 0.0667. The zero-order valence-electron chi connectivity index (χ0n) is 11.2. The topological polar surface area (TPSA) is 42.7 Å². The molecule has 1 N–H and O–H groups in total. The molecular formula is C15H11FN4S. The maximum atomic E-state index is 13.2. The summed E-state index contributed by atoms with van der Waals surface area (Å²) < 4.78 is 16.1. The smallest absolute Gasteiger partial charge is 0.209 e. The normalized spacial score (nSPS) is 11.3. The van der Waals surface area contributed by atoms with E-state index in [-0.39, 0.29) is 5.82 Å². The van der Waals surface area contributed by atoms with Gasteiger partial charge in [0.1, 0.15) is 5.82 Å². The molecule has 4 rings (SSSR count). The van der Waals surface area contributed by atoms with Crippen LogP contribution in [0.3, 0.4) is 0 Å². The molecule has 21 heavy (non-hydrogen) atoms. The summed E-state index contributed by atoms with van der Waals surface area (Å²) in [5.41, 5.74) is 2.63. The molecule has 0 atom stereocenters. The third-order valence-corrected chi connectivity index (χ3v) is 4.31. The number of aromatic nitrogens is 3. The minimum Gasteiger partial charge on any atom is -0.313 e. The van der Waals surface area contributed by atoms with E-state index >= 15 is 0 Å². The van der Waals surface area contributed by atoms with Gasteiger partial charge >= 0.3 is 0 Å². The minimum absolute atomic E-state index is 0.276. The SMILES string of the molecule is Cn1c(Nc2nc3cc(F)ccc3s2)nc2ccccc21. The van der Waals surface area contributed by atoms with Crippen LogP contribution >= 0.6 is 11.3 Å². The molecule has 0 aliphatic carbocycles. The van der Waals surface area contributed by atoms with Crippen molar-refractivity contribution < 1.29 is 4.39 Å². The van der Waals surface area contributed by atoms with Crippen molar-refractivity contribution in [1.29, 1.82) is 0 Å². The zero-order valence-corrected chi connectivity index (χ0v) is 12.0. The van der Waals surface area contributed by atoms with Crippen molar-refractivity contribution in [3.05, 3.63) is 48.3 Å². The average Bonchev–Trinajstić information content (AvgIpc) is 3.01. The minimum atomic E-state index is -0.276. The zero-order chi connectivity index (χ0) is 14.4. The summed E-state index contributed by atoms with van der Waals surface area (Å²) in [5, 5.41) is 3.91. The number of halogens is 1. The summed E-state index contributed by atoms with van der Waals surface area (Å²) in [6, 6.07) is 12.5. The Kier molecular flexibility index (Phi) is 2.65. The van der Waals surface area contributed by atoms with Crippen molar-refractivity contribution in [2.24, 2.45) is 7.05 Å². The lowest BCUT2D eigenvalue weighted by molar-refractivity contribution is 0.629. The summed E-state index contributed by atoms with van der Waals surface area (Å²) >= 11 is 1.48. The van der Waals surface area contributed by atoms with Crippen LogP contribution in [0.25, 0.3) is 21.3 Å². The van der Waals surface area contributed by atoms with Gasteiger partial charge in [0.25, 0.3) is 0 Å². The summed E-state index contributed by atoms with van der Waals surface area (Å²) in [4.78, 5) is 8.93. The van der Waals surface area contributed by atoms with Crippen LogP contribution in [0.4, 0.5) is 15.5 Å². The molecule has 0 aliphatic heterocycles. The van der Waals surface area contributed by atoms with Crippen LogP contribution in [0.2, 0.25) is 0 Å². The molecule has 2 aromatic heterocycles. The molecule has 0 bridgehead atoms. The molecule has 0 spiro atoms. The Morgan fingerprint density at radius 1 is 1.10 bits per heavy atom. The van der Waals surface area contributed by atoms with Gasteiger partial charge in [-0.05, 0) is 24.3 Å². The lowest BCUT2D eigenvalue weighted by Crippen LogP contribution is -1.98. The fourth-order valence-electron chi connectivity index (χ4n) is 2.31. The molecule has 4 nitrogen and oxygen atoms in total. The second kappa shape index (κ2) is 4.53. The third kappa shape index (κ3) is 2.04. The molecule has 0 amide bonds. The summed E-state index contributed by atoms with van der Waals surface area (Å²) in [6.07, 6.45) is 0. The number of aryl methyl sites for hydroxylation is 1. The van der Waals surface area contributed by atoms with Crippen LogP contribution in [0, 0.1) is 5.82 Å². The van der Waals surface area contributed by atoms with Gasteiger partial charge in [-0.1, -0.05) is 23.5 Å². The molecule has 6 heteroatoms. The van der Waals surface area contributed by atoms with E-state index in [4.69, 9.17) is 0 Å². The van der Waals surface area contributed by atoms with Gasteiger partial charge in [-0.25, -0.2) is 14.4 Å². The molecule has 0 fully saturated rings. The van der Waals surface area contributed by atoms with Crippen LogP contribution in [0.1, 0.15) is 0 Å². The molecule has 0 aliphatic rings. The molecule has 0 unspecified atom stereocenters. The first kappa shape index (κ1) is 12.3. The molecular weight excluding hydrogens is 287 g/mol. The van der Waals surface area contributed by atoms with Crippen LogP contribution in [-0.4, -0.2) is 14.5 Å². The van der Waals surface area contributed by atoms with Crippen molar-refractivity contribution in [3.63, 3.8) is 0 Å². The number of hydrogen-bond acceptors (Lipinski definition) is 4. The van der Waals surface area contributed by atoms with Crippen LogP contribution < -0.4 is 5.32 Å². The van der Waals surface area contributed by atoms with Crippen molar-refractivity contribution in [1.82, 2.24) is 14.5 Å². The highest BCUT2D eigenvalue weighted by atomic mass is 32.1. The highest BCUT2D eigenvalue weighted by Gasteiger charge is 2.10. The maximum Gasteiger partial charge on any atom is 0.209 e. The summed E-state index contributed by atoms with van der Waals surface area (Å²) in [7, 11) is 1.95. The summed E-state index contributed by atoms with van der Waals surface area (Å²) in [5.74, 6) is 0.442. The molecule has 0 radical (unpaired) electrons. The third-order valence-electron chi connectivity index (χ3n) is 3.36. The standard InChI is InChI=1S/C15H11FN4S/c1-20-12-5-3-2-4-10(12)17-14(20)19-15-18-11-8-9(16)6-7-13(11)21-15/h2-8H,1H3,(H,17,18,19). The van der Waals surface area contributed by atoms with Crippen LogP contribution in [0.5, 0.6) is 0 Å². The molecule has 104 valence electrons. The van der Waals surface area contributed by atoms with E-state index in [9.17, 15) is 4.39 Å². The van der Waals surface area contributed by atoms with Gasteiger partial charge in [-0.3, -0.25) is 0 Å². The largest absolute Gasteiger partial charge is 0.313 e. The van der Waals surface area contributed by atoms with Gasteiger partial charge in [0.2, 0.25) is 5.95 Å². The first-order valence-electron chi connectivity index (χ1n) is 6.45. The first-order valence-corrected chi connectivity index (χ1v) is 7.27.